The number of Topliss-reactive ketones (excluding diaryl/α,β-unsaturated/α-hetero) is 1. The molecule has 0 fully saturated rings. The van der Waals surface area contributed by atoms with Crippen molar-refractivity contribution < 1.29 is 23.7 Å². The number of benzene rings is 2. The van der Waals surface area contributed by atoms with Gasteiger partial charge in [0.05, 0.1) is 31.4 Å². The van der Waals surface area contributed by atoms with Crippen molar-refractivity contribution in [2.75, 3.05) is 27.9 Å². The lowest BCUT2D eigenvalue weighted by atomic mass is 10.1. The first-order valence-electron chi connectivity index (χ1n) is 9.94. The highest BCUT2D eigenvalue weighted by Crippen LogP contribution is 2.38. The standard InChI is InChI=1S/C24H24ClNO5S/c1-28-9-7-16(27)12-17(32)10-15-4-5-22(19(25)11-15)31-21-6-8-26-20-14-24(30-3)23(29-2)13-18(20)21/h4-6,8,11,13-14H,7,9-10,12H2,1-3H3. The van der Waals surface area contributed by atoms with Gasteiger partial charge in [0, 0.05) is 48.9 Å². The fourth-order valence-corrected chi connectivity index (χ4v) is 3.78. The number of aromatic nitrogens is 1. The third kappa shape index (κ3) is 5.94. The summed E-state index contributed by atoms with van der Waals surface area (Å²) in [5.74, 6) is 2.32. The van der Waals surface area contributed by atoms with Crippen LogP contribution < -0.4 is 14.2 Å². The lowest BCUT2D eigenvalue weighted by Gasteiger charge is -2.13. The number of carbonyl (C=O) groups is 1. The molecule has 0 aliphatic rings. The van der Waals surface area contributed by atoms with Crippen LogP contribution in [0.15, 0.2) is 42.6 Å². The zero-order valence-electron chi connectivity index (χ0n) is 18.1. The summed E-state index contributed by atoms with van der Waals surface area (Å²) in [6, 6.07) is 10.9. The first-order chi connectivity index (χ1) is 15.4. The number of methoxy groups -OCH3 is 3. The second-order valence-electron chi connectivity index (χ2n) is 7.07. The van der Waals surface area contributed by atoms with E-state index >= 15 is 0 Å². The highest BCUT2D eigenvalue weighted by molar-refractivity contribution is 7.80. The average molecular weight is 474 g/mol. The summed E-state index contributed by atoms with van der Waals surface area (Å²) in [4.78, 5) is 16.9. The molecule has 1 aromatic heterocycles. The topological polar surface area (TPSA) is 66.9 Å². The Morgan fingerprint density at radius 3 is 2.44 bits per heavy atom. The number of nitrogens with zero attached hydrogens (tertiary/aromatic N) is 1. The van der Waals surface area contributed by atoms with Crippen LogP contribution in [0, 0.1) is 0 Å². The zero-order valence-corrected chi connectivity index (χ0v) is 19.7. The van der Waals surface area contributed by atoms with E-state index in [0.29, 0.717) is 57.9 Å². The van der Waals surface area contributed by atoms with E-state index in [1.807, 2.05) is 12.1 Å². The monoisotopic (exact) mass is 473 g/mol. The number of rotatable bonds is 11. The van der Waals surface area contributed by atoms with Crippen molar-refractivity contribution in [3.05, 3.63) is 53.2 Å². The van der Waals surface area contributed by atoms with E-state index in [-0.39, 0.29) is 12.2 Å². The van der Waals surface area contributed by atoms with Gasteiger partial charge in [0.2, 0.25) is 0 Å². The Bertz CT molecular complexity index is 1130. The molecule has 2 aromatic carbocycles. The smallest absolute Gasteiger partial charge is 0.162 e. The van der Waals surface area contributed by atoms with Gasteiger partial charge in [-0.25, -0.2) is 0 Å². The maximum atomic E-state index is 11.9. The number of ether oxygens (including phenoxy) is 4. The first-order valence-corrected chi connectivity index (χ1v) is 10.7. The van der Waals surface area contributed by atoms with Crippen LogP contribution in [-0.2, 0) is 16.0 Å². The molecule has 3 rings (SSSR count). The van der Waals surface area contributed by atoms with Crippen molar-refractivity contribution in [2.45, 2.75) is 19.3 Å². The van der Waals surface area contributed by atoms with Crippen molar-refractivity contribution >= 4 is 45.4 Å². The Balaban J connectivity index is 1.77. The van der Waals surface area contributed by atoms with E-state index in [1.54, 1.807) is 51.8 Å². The number of carbonyl (C=O) groups excluding carboxylic acids is 1. The van der Waals surface area contributed by atoms with E-state index in [1.165, 1.54) is 0 Å². The second kappa shape index (κ2) is 11.2. The van der Waals surface area contributed by atoms with Crippen LogP contribution in [0.5, 0.6) is 23.0 Å². The Morgan fingerprint density at radius 1 is 1.00 bits per heavy atom. The van der Waals surface area contributed by atoms with E-state index in [2.05, 4.69) is 4.98 Å². The van der Waals surface area contributed by atoms with Crippen LogP contribution in [0.3, 0.4) is 0 Å². The van der Waals surface area contributed by atoms with Gasteiger partial charge in [-0.1, -0.05) is 29.9 Å². The van der Waals surface area contributed by atoms with Gasteiger partial charge in [-0.2, -0.15) is 0 Å². The van der Waals surface area contributed by atoms with Gasteiger partial charge in [0.15, 0.2) is 11.5 Å². The molecule has 0 saturated carbocycles. The van der Waals surface area contributed by atoms with Gasteiger partial charge in [-0.15, -0.1) is 0 Å². The molecule has 6 nitrogen and oxygen atoms in total. The fourth-order valence-electron chi connectivity index (χ4n) is 3.21. The predicted molar refractivity (Wildman–Crippen MR) is 129 cm³/mol. The average Bonchev–Trinajstić information content (AvgIpc) is 2.78. The minimum Gasteiger partial charge on any atom is -0.493 e. The third-order valence-corrected chi connectivity index (χ3v) is 5.39. The molecule has 168 valence electrons. The highest BCUT2D eigenvalue weighted by Gasteiger charge is 2.13. The molecule has 0 amide bonds. The lowest BCUT2D eigenvalue weighted by molar-refractivity contribution is -0.118. The largest absolute Gasteiger partial charge is 0.493 e. The Hall–Kier alpha value is -2.74. The Labute approximate surface area is 197 Å². The quantitative estimate of drug-likeness (QED) is 0.335. The molecular formula is C24H24ClNO5S. The molecule has 32 heavy (non-hydrogen) atoms. The van der Waals surface area contributed by atoms with Crippen LogP contribution in [0.2, 0.25) is 5.02 Å². The summed E-state index contributed by atoms with van der Waals surface area (Å²) in [6.45, 7) is 0.404. The predicted octanol–water partition coefficient (Wildman–Crippen LogP) is 5.61. The summed E-state index contributed by atoms with van der Waals surface area (Å²) in [6.07, 6.45) is 2.76. The van der Waals surface area contributed by atoms with E-state index in [0.717, 1.165) is 10.9 Å². The molecule has 1 heterocycles. The van der Waals surface area contributed by atoms with Gasteiger partial charge < -0.3 is 18.9 Å². The van der Waals surface area contributed by atoms with Crippen LogP contribution in [0.25, 0.3) is 10.9 Å². The third-order valence-electron chi connectivity index (χ3n) is 4.80. The van der Waals surface area contributed by atoms with Crippen LogP contribution in [-0.4, -0.2) is 43.6 Å². The molecule has 0 aliphatic heterocycles. The van der Waals surface area contributed by atoms with Crippen molar-refractivity contribution in [2.24, 2.45) is 0 Å². The van der Waals surface area contributed by atoms with Crippen LogP contribution in [0.4, 0.5) is 0 Å². The molecule has 0 saturated heterocycles. The van der Waals surface area contributed by atoms with Crippen molar-refractivity contribution in [1.29, 1.82) is 0 Å². The number of hydrogen-bond donors (Lipinski definition) is 0. The van der Waals surface area contributed by atoms with Crippen LogP contribution in [0.1, 0.15) is 18.4 Å². The van der Waals surface area contributed by atoms with Gasteiger partial charge in [0.25, 0.3) is 0 Å². The lowest BCUT2D eigenvalue weighted by Crippen LogP contribution is -2.10. The van der Waals surface area contributed by atoms with Gasteiger partial charge in [-0.05, 0) is 29.8 Å². The molecule has 3 aromatic rings. The molecule has 0 radical (unpaired) electrons. The molecule has 0 unspecified atom stereocenters. The van der Waals surface area contributed by atoms with Gasteiger partial charge in [-0.3, -0.25) is 9.78 Å². The normalized spacial score (nSPS) is 10.8. The number of thiocarbonyl (C=S) groups is 1. The van der Waals surface area contributed by atoms with Crippen molar-refractivity contribution in [3.8, 4) is 23.0 Å². The minimum atomic E-state index is 0.0690. The van der Waals surface area contributed by atoms with E-state index < -0.39 is 0 Å². The number of hydrogen-bond acceptors (Lipinski definition) is 7. The number of pyridine rings is 1. The molecule has 0 aliphatic carbocycles. The molecule has 0 bridgehead atoms. The molecule has 8 heteroatoms. The molecule has 0 spiro atoms. The maximum Gasteiger partial charge on any atom is 0.162 e. The summed E-state index contributed by atoms with van der Waals surface area (Å²) < 4.78 is 21.8. The Kier molecular flexibility index (Phi) is 8.39. The van der Waals surface area contributed by atoms with Gasteiger partial charge >= 0.3 is 0 Å². The second-order valence-corrected chi connectivity index (χ2v) is 8.06. The summed E-state index contributed by atoms with van der Waals surface area (Å²) in [5, 5.41) is 1.21. The van der Waals surface area contributed by atoms with Crippen molar-refractivity contribution in [1.82, 2.24) is 4.98 Å². The zero-order chi connectivity index (χ0) is 23.1. The summed E-state index contributed by atoms with van der Waals surface area (Å²) in [5.41, 5.74) is 1.62. The Morgan fingerprint density at radius 2 is 1.75 bits per heavy atom. The van der Waals surface area contributed by atoms with Crippen LogP contribution >= 0.6 is 23.8 Å². The van der Waals surface area contributed by atoms with Gasteiger partial charge in [0.1, 0.15) is 17.3 Å². The molecule has 0 N–H and O–H groups in total. The summed E-state index contributed by atoms with van der Waals surface area (Å²) in [7, 11) is 4.72. The highest BCUT2D eigenvalue weighted by atomic mass is 35.5. The van der Waals surface area contributed by atoms with E-state index in [4.69, 9.17) is 42.8 Å². The minimum absolute atomic E-state index is 0.0690. The number of halogens is 1. The van der Waals surface area contributed by atoms with E-state index in [9.17, 15) is 4.79 Å². The fraction of sp³-hybridized carbons (Fsp3) is 0.292. The maximum absolute atomic E-state index is 11.9. The first kappa shape index (κ1) is 23.9. The molecular weight excluding hydrogens is 450 g/mol. The summed E-state index contributed by atoms with van der Waals surface area (Å²) >= 11 is 11.9. The SMILES string of the molecule is COCCC(=O)CC(=S)Cc1ccc(Oc2ccnc3cc(OC)c(OC)cc23)c(Cl)c1. The number of ketones is 1. The molecule has 0 atom stereocenters. The van der Waals surface area contributed by atoms with Crippen molar-refractivity contribution in [3.63, 3.8) is 0 Å². The number of fused-ring (bicyclic) bond motifs is 1.